The number of rotatable bonds is 14. The van der Waals surface area contributed by atoms with Crippen molar-refractivity contribution in [1.29, 1.82) is 0 Å². The van der Waals surface area contributed by atoms with Crippen molar-refractivity contribution in [3.63, 3.8) is 0 Å². The Labute approximate surface area is 167 Å². The van der Waals surface area contributed by atoms with E-state index < -0.39 is 10.1 Å². The Morgan fingerprint density at radius 3 is 1.67 bits per heavy atom. The standard InChI is InChI=1S/C18H30O3S.C4H10O/c1-2-3-4-5-6-7-8-9-10-11-14-17-15-12-13-16-18(17)22(19,20)21;1-2-3-4-5/h12-13,15-16H,2-11,14H2,1H3,(H,19,20,21);5H,2-4H2,1H3. The summed E-state index contributed by atoms with van der Waals surface area (Å²) in [6.45, 7) is 4.63. The predicted octanol–water partition coefficient (Wildman–Crippen LogP) is 6.18. The van der Waals surface area contributed by atoms with Crippen LogP contribution in [-0.4, -0.2) is 24.7 Å². The van der Waals surface area contributed by atoms with Crippen LogP contribution in [0.5, 0.6) is 0 Å². The van der Waals surface area contributed by atoms with Gasteiger partial charge >= 0.3 is 0 Å². The lowest BCUT2D eigenvalue weighted by atomic mass is 10.0. The van der Waals surface area contributed by atoms with Crippen LogP contribution in [0.25, 0.3) is 0 Å². The van der Waals surface area contributed by atoms with E-state index in [0.717, 1.165) is 31.2 Å². The van der Waals surface area contributed by atoms with Gasteiger partial charge < -0.3 is 5.11 Å². The van der Waals surface area contributed by atoms with E-state index in [0.29, 0.717) is 13.0 Å². The topological polar surface area (TPSA) is 74.6 Å². The van der Waals surface area contributed by atoms with E-state index in [1.54, 1.807) is 12.1 Å². The van der Waals surface area contributed by atoms with E-state index >= 15 is 0 Å². The van der Waals surface area contributed by atoms with Gasteiger partial charge in [0.15, 0.2) is 0 Å². The van der Waals surface area contributed by atoms with Crippen molar-refractivity contribution in [3.05, 3.63) is 29.8 Å². The lowest BCUT2D eigenvalue weighted by molar-refractivity contribution is 0.287. The van der Waals surface area contributed by atoms with Crippen molar-refractivity contribution in [2.75, 3.05) is 6.61 Å². The van der Waals surface area contributed by atoms with Crippen molar-refractivity contribution in [2.45, 2.75) is 102 Å². The number of aliphatic hydroxyl groups is 1. The maximum Gasteiger partial charge on any atom is 0.294 e. The Balaban J connectivity index is 0.00000119. The number of benzene rings is 1. The lowest BCUT2D eigenvalue weighted by Gasteiger charge is -2.07. The molecule has 0 aromatic heterocycles. The third-order valence-electron chi connectivity index (χ3n) is 4.56. The smallest absolute Gasteiger partial charge is 0.294 e. The maximum absolute atomic E-state index is 11.3. The molecule has 0 aliphatic heterocycles. The van der Waals surface area contributed by atoms with Gasteiger partial charge in [0, 0.05) is 6.61 Å². The quantitative estimate of drug-likeness (QED) is 0.289. The minimum Gasteiger partial charge on any atom is -0.396 e. The molecule has 0 heterocycles. The van der Waals surface area contributed by atoms with E-state index in [9.17, 15) is 13.0 Å². The molecule has 0 aliphatic carbocycles. The summed E-state index contributed by atoms with van der Waals surface area (Å²) in [7, 11) is -4.10. The van der Waals surface area contributed by atoms with Gasteiger partial charge in [0.05, 0.1) is 4.90 Å². The van der Waals surface area contributed by atoms with Crippen molar-refractivity contribution in [2.24, 2.45) is 0 Å². The molecule has 0 saturated heterocycles. The third kappa shape index (κ3) is 14.8. The molecule has 5 heteroatoms. The molecule has 27 heavy (non-hydrogen) atoms. The number of aliphatic hydroxyl groups excluding tert-OH is 1. The van der Waals surface area contributed by atoms with Gasteiger partial charge in [0.1, 0.15) is 0 Å². The van der Waals surface area contributed by atoms with Crippen LogP contribution < -0.4 is 0 Å². The first-order chi connectivity index (χ1) is 13.0. The van der Waals surface area contributed by atoms with Crippen molar-refractivity contribution in [3.8, 4) is 0 Å². The van der Waals surface area contributed by atoms with E-state index in [1.165, 1.54) is 57.4 Å². The molecule has 0 saturated carbocycles. The molecule has 0 amide bonds. The van der Waals surface area contributed by atoms with Gasteiger partial charge in [-0.05, 0) is 30.9 Å². The minimum absolute atomic E-state index is 0.0610. The van der Waals surface area contributed by atoms with E-state index in [-0.39, 0.29) is 4.90 Å². The molecule has 1 aromatic rings. The zero-order valence-electron chi connectivity index (χ0n) is 17.3. The fourth-order valence-electron chi connectivity index (χ4n) is 2.92. The molecule has 0 bridgehead atoms. The third-order valence-corrected chi connectivity index (χ3v) is 5.52. The van der Waals surface area contributed by atoms with Crippen LogP contribution in [-0.2, 0) is 16.5 Å². The van der Waals surface area contributed by atoms with Gasteiger partial charge in [0.25, 0.3) is 10.1 Å². The zero-order valence-corrected chi connectivity index (χ0v) is 18.1. The summed E-state index contributed by atoms with van der Waals surface area (Å²) in [6, 6.07) is 6.73. The second kappa shape index (κ2) is 17.2. The summed E-state index contributed by atoms with van der Waals surface area (Å²) >= 11 is 0. The van der Waals surface area contributed by atoms with Crippen LogP contribution in [0.1, 0.15) is 96.5 Å². The molecule has 158 valence electrons. The van der Waals surface area contributed by atoms with Gasteiger partial charge in [-0.2, -0.15) is 8.42 Å². The SMILES string of the molecule is CCCCCCCCCCCCc1ccccc1S(=O)(=O)O.CCCCO. The van der Waals surface area contributed by atoms with E-state index in [1.807, 2.05) is 6.07 Å². The molecular weight excluding hydrogens is 360 g/mol. The monoisotopic (exact) mass is 400 g/mol. The molecule has 0 radical (unpaired) electrons. The van der Waals surface area contributed by atoms with Crippen LogP contribution in [0.15, 0.2) is 29.2 Å². The van der Waals surface area contributed by atoms with Gasteiger partial charge in [-0.15, -0.1) is 0 Å². The highest BCUT2D eigenvalue weighted by atomic mass is 32.2. The van der Waals surface area contributed by atoms with Crippen molar-refractivity contribution >= 4 is 10.1 Å². The molecule has 0 fully saturated rings. The van der Waals surface area contributed by atoms with Crippen molar-refractivity contribution in [1.82, 2.24) is 0 Å². The number of hydrogen-bond donors (Lipinski definition) is 2. The normalized spacial score (nSPS) is 11.1. The summed E-state index contributed by atoms with van der Waals surface area (Å²) in [6.07, 6.45) is 15.3. The van der Waals surface area contributed by atoms with Crippen LogP contribution in [0.2, 0.25) is 0 Å². The second-order valence-corrected chi connectivity index (χ2v) is 8.48. The zero-order chi connectivity index (χ0) is 20.4. The molecule has 1 aromatic carbocycles. The molecule has 4 nitrogen and oxygen atoms in total. The van der Waals surface area contributed by atoms with Crippen LogP contribution >= 0.6 is 0 Å². The first-order valence-electron chi connectivity index (χ1n) is 10.6. The highest BCUT2D eigenvalue weighted by Crippen LogP contribution is 2.18. The van der Waals surface area contributed by atoms with E-state index in [4.69, 9.17) is 5.11 Å². The molecular formula is C22H40O4S. The first-order valence-corrected chi connectivity index (χ1v) is 12.1. The second-order valence-electron chi connectivity index (χ2n) is 7.09. The summed E-state index contributed by atoms with van der Waals surface area (Å²) < 4.78 is 31.8. The highest BCUT2D eigenvalue weighted by molar-refractivity contribution is 7.85. The molecule has 0 aliphatic rings. The Bertz CT molecular complexity index is 553. The molecule has 0 unspecified atom stereocenters. The molecule has 2 N–H and O–H groups in total. The summed E-state index contributed by atoms with van der Waals surface area (Å²) in [5.74, 6) is 0. The Hall–Kier alpha value is -0.910. The molecule has 1 rings (SSSR count). The summed E-state index contributed by atoms with van der Waals surface area (Å²) in [5.41, 5.74) is 0.726. The maximum atomic E-state index is 11.3. The predicted molar refractivity (Wildman–Crippen MR) is 114 cm³/mol. The molecule has 0 spiro atoms. The highest BCUT2D eigenvalue weighted by Gasteiger charge is 2.13. The van der Waals surface area contributed by atoms with Crippen LogP contribution in [0, 0.1) is 0 Å². The average molecular weight is 401 g/mol. The van der Waals surface area contributed by atoms with Crippen LogP contribution in [0.4, 0.5) is 0 Å². The van der Waals surface area contributed by atoms with Crippen molar-refractivity contribution < 1.29 is 18.1 Å². The Morgan fingerprint density at radius 1 is 0.741 bits per heavy atom. The number of hydrogen-bond acceptors (Lipinski definition) is 3. The van der Waals surface area contributed by atoms with Gasteiger partial charge in [-0.1, -0.05) is 96.3 Å². The number of aryl methyl sites for hydroxylation is 1. The molecule has 0 atom stereocenters. The Kier molecular flexibility index (Phi) is 16.6. The summed E-state index contributed by atoms with van der Waals surface area (Å²) in [4.78, 5) is 0.0610. The van der Waals surface area contributed by atoms with Gasteiger partial charge in [0.2, 0.25) is 0 Å². The van der Waals surface area contributed by atoms with Gasteiger partial charge in [-0.25, -0.2) is 0 Å². The largest absolute Gasteiger partial charge is 0.396 e. The van der Waals surface area contributed by atoms with Gasteiger partial charge in [-0.3, -0.25) is 4.55 Å². The first kappa shape index (κ1) is 26.1. The fourth-order valence-corrected chi connectivity index (χ4v) is 3.67. The number of unbranched alkanes of at least 4 members (excludes halogenated alkanes) is 10. The minimum atomic E-state index is -4.10. The fraction of sp³-hybridized carbons (Fsp3) is 0.727. The summed E-state index contributed by atoms with van der Waals surface area (Å²) in [5, 5.41) is 8.07. The van der Waals surface area contributed by atoms with E-state index in [2.05, 4.69) is 13.8 Å². The average Bonchev–Trinajstić information content (AvgIpc) is 2.64. The van der Waals surface area contributed by atoms with Crippen LogP contribution in [0.3, 0.4) is 0 Å². The Morgan fingerprint density at radius 2 is 1.22 bits per heavy atom. The lowest BCUT2D eigenvalue weighted by Crippen LogP contribution is -2.03.